The van der Waals surface area contributed by atoms with E-state index < -0.39 is 0 Å². The molecule has 0 aliphatic heterocycles. The van der Waals surface area contributed by atoms with E-state index in [2.05, 4.69) is 21.5 Å². The van der Waals surface area contributed by atoms with Crippen molar-refractivity contribution in [2.45, 2.75) is 30.1 Å². The smallest absolute Gasteiger partial charge is 0.691 e. The van der Waals surface area contributed by atoms with Gasteiger partial charge in [0.25, 0.3) is 0 Å². The van der Waals surface area contributed by atoms with Gasteiger partial charge in [0.2, 0.25) is 0 Å². The molecule has 11 rings (SSSR count). The molecule has 0 heterocycles. The Hall–Kier alpha value is -7.91. The first-order chi connectivity index (χ1) is 36.6. The van der Waals surface area contributed by atoms with Gasteiger partial charge in [-0.15, -0.1) is 0 Å². The van der Waals surface area contributed by atoms with E-state index in [-0.39, 0.29) is 64.5 Å². The van der Waals surface area contributed by atoms with Gasteiger partial charge in [0, 0.05) is 72.4 Å². The van der Waals surface area contributed by atoms with E-state index in [0.29, 0.717) is 89.6 Å². The molecule has 0 radical (unpaired) electrons. The summed E-state index contributed by atoms with van der Waals surface area (Å²) in [5.41, 5.74) is 6.86. The van der Waals surface area contributed by atoms with Crippen LogP contribution < -0.4 is 53.8 Å². The van der Waals surface area contributed by atoms with Crippen molar-refractivity contribution in [3.05, 3.63) is 261 Å². The molecule has 2 aliphatic carbocycles. The minimum atomic E-state index is -0.256. The second-order valence-corrected chi connectivity index (χ2v) is 18.9. The molecule has 0 N–H and O–H groups in total. The summed E-state index contributed by atoms with van der Waals surface area (Å²) in [7, 11) is 1.54. The summed E-state index contributed by atoms with van der Waals surface area (Å²) < 4.78 is 29.2. The number of ether oxygens (including phenoxy) is 4. The molecule has 2 aliphatic rings. The standard InChI is InChI=1S/C63H44O11S.Na/c1-37-6-8-38(9-7-37)60(64)39-10-12-40(13-11-39)61(65)41-16-23-50(24-17-41)70-54-30-31-55(59-46-15-14-45(32-46)58(54)59)71-51-25-18-42(19-26-51)62(66)47-4-3-5-48(33-47)63(67)43-20-27-52(28-21-43)72-57-35-44-22-29-53(75-74-73-68)34-49(44)36-56(57)69-2;/h3-31,33-36,45-46,68H,32H2,1-2H3;/q;+1/p-1. The number of carbonyl (C=O) groups excluding carboxylic acids is 4. The first-order valence-electron chi connectivity index (χ1n) is 24.0. The van der Waals surface area contributed by atoms with Gasteiger partial charge in [-0.05, 0) is 139 Å². The number of aryl methyl sites for hydroxylation is 1. The number of allylic oxidation sites excluding steroid dienone is 2. The van der Waals surface area contributed by atoms with Crippen molar-refractivity contribution in [2.75, 3.05) is 7.11 Å². The number of hydrogen-bond acceptors (Lipinski definition) is 12. The molecule has 0 aromatic heterocycles. The number of methoxy groups -OCH3 is 1. The number of rotatable bonds is 18. The average molecular weight is 1030 g/mol. The van der Waals surface area contributed by atoms with Gasteiger partial charge in [-0.25, -0.2) is 0 Å². The molecule has 2 bridgehead atoms. The average Bonchev–Trinajstić information content (AvgIpc) is 4.09. The van der Waals surface area contributed by atoms with Crippen molar-refractivity contribution < 1.29 is 82.3 Å². The summed E-state index contributed by atoms with van der Waals surface area (Å²) in [6.07, 6.45) is 5.32. The fourth-order valence-electron chi connectivity index (χ4n) is 9.59. The fourth-order valence-corrected chi connectivity index (χ4v) is 10.00. The van der Waals surface area contributed by atoms with Crippen LogP contribution in [-0.4, -0.2) is 30.2 Å². The maximum atomic E-state index is 13.8. The molecule has 368 valence electrons. The Labute approximate surface area is 464 Å². The number of ketones is 4. The third-order valence-corrected chi connectivity index (χ3v) is 14.0. The zero-order chi connectivity index (χ0) is 51.6. The van der Waals surface area contributed by atoms with Crippen LogP contribution in [0, 0.1) is 6.92 Å². The van der Waals surface area contributed by atoms with E-state index in [0.717, 1.165) is 45.9 Å². The van der Waals surface area contributed by atoms with E-state index in [1.54, 1.807) is 140 Å². The van der Waals surface area contributed by atoms with E-state index in [1.807, 2.05) is 55.5 Å². The Bertz CT molecular complexity index is 3710. The molecule has 9 aromatic carbocycles. The van der Waals surface area contributed by atoms with Crippen molar-refractivity contribution in [3.8, 4) is 40.2 Å². The van der Waals surface area contributed by atoms with Gasteiger partial charge < -0.3 is 24.2 Å². The maximum absolute atomic E-state index is 13.8. The van der Waals surface area contributed by atoms with Crippen LogP contribution in [0.15, 0.2) is 205 Å². The summed E-state index contributed by atoms with van der Waals surface area (Å²) in [5.74, 6) is 3.56. The van der Waals surface area contributed by atoms with Crippen molar-refractivity contribution in [1.29, 1.82) is 0 Å². The third kappa shape index (κ3) is 10.8. The summed E-state index contributed by atoms with van der Waals surface area (Å²) in [6, 6.07) is 54.5. The van der Waals surface area contributed by atoms with Crippen molar-refractivity contribution in [1.82, 2.24) is 0 Å². The monoisotopic (exact) mass is 1030 g/mol. The summed E-state index contributed by atoms with van der Waals surface area (Å²) >= 11 is 0.796. The van der Waals surface area contributed by atoms with Crippen LogP contribution in [0.2, 0.25) is 0 Å². The SMILES string of the molecule is COc1cc2cc(SOO[O-])ccc2cc1Oc1ccc(C(=O)c2cccc(C(=O)c3ccc(Oc4ccc(Oc5ccc(C(=O)c6ccc(C(=O)c7ccc(C)cc7)cc6)cc5)c5c4C4C=CC5C4)cc3)c2)cc1.[Na+]. The molecule has 11 nitrogen and oxygen atoms in total. The topological polar surface area (TPSA) is 147 Å². The number of hydrogen-bond donors (Lipinski definition) is 0. The molecule has 2 unspecified atom stereocenters. The van der Waals surface area contributed by atoms with Crippen molar-refractivity contribution in [2.24, 2.45) is 0 Å². The second kappa shape index (κ2) is 22.5. The Morgan fingerprint density at radius 1 is 0.447 bits per heavy atom. The van der Waals surface area contributed by atoms with Crippen LogP contribution in [-0.2, 0) is 9.37 Å². The van der Waals surface area contributed by atoms with Crippen molar-refractivity contribution in [3.63, 3.8) is 0 Å². The molecule has 0 fully saturated rings. The predicted octanol–water partition coefficient (Wildman–Crippen LogP) is 10.8. The largest absolute Gasteiger partial charge is 1.00 e. The van der Waals surface area contributed by atoms with E-state index in [4.69, 9.17) is 18.9 Å². The van der Waals surface area contributed by atoms with Crippen LogP contribution in [0.5, 0.6) is 40.2 Å². The van der Waals surface area contributed by atoms with Crippen LogP contribution in [0.1, 0.15) is 98.6 Å². The Kier molecular flexibility index (Phi) is 15.3. The molecular formula is C63H43NaO11S. The normalized spacial score (nSPS) is 13.9. The van der Waals surface area contributed by atoms with Crippen LogP contribution in [0.3, 0.4) is 0 Å². The Morgan fingerprint density at radius 3 is 1.30 bits per heavy atom. The predicted molar refractivity (Wildman–Crippen MR) is 282 cm³/mol. The first-order valence-corrected chi connectivity index (χ1v) is 24.7. The first kappa shape index (κ1) is 51.6. The van der Waals surface area contributed by atoms with Crippen LogP contribution in [0.25, 0.3) is 10.8 Å². The van der Waals surface area contributed by atoms with Gasteiger partial charge in [-0.2, -0.15) is 4.33 Å². The summed E-state index contributed by atoms with van der Waals surface area (Å²) in [5, 5.41) is 15.4. The molecule has 0 saturated carbocycles. The molecule has 0 saturated heterocycles. The summed E-state index contributed by atoms with van der Waals surface area (Å²) in [6.45, 7) is 1.97. The van der Waals surface area contributed by atoms with Gasteiger partial charge in [0.1, 0.15) is 28.7 Å². The molecule has 0 spiro atoms. The van der Waals surface area contributed by atoms with Gasteiger partial charge in [0.15, 0.2) is 34.6 Å². The maximum Gasteiger partial charge on any atom is 1.00 e. The van der Waals surface area contributed by atoms with Gasteiger partial charge in [0.05, 0.1) is 19.2 Å². The zero-order valence-corrected chi connectivity index (χ0v) is 44.1. The molecule has 2 atom stereocenters. The Morgan fingerprint density at radius 2 is 0.855 bits per heavy atom. The van der Waals surface area contributed by atoms with E-state index in [9.17, 15) is 24.4 Å². The van der Waals surface area contributed by atoms with Gasteiger partial charge in [-0.3, -0.25) is 24.2 Å². The van der Waals surface area contributed by atoms with Crippen LogP contribution >= 0.6 is 12.0 Å². The minimum Gasteiger partial charge on any atom is -0.691 e. The van der Waals surface area contributed by atoms with Gasteiger partial charge >= 0.3 is 29.6 Å². The number of carbonyl (C=O) groups is 4. The molecule has 13 heteroatoms. The molecule has 9 aromatic rings. The molecule has 0 amide bonds. The number of fused-ring (bicyclic) bond motifs is 6. The number of benzene rings is 9. The molecule has 76 heavy (non-hydrogen) atoms. The van der Waals surface area contributed by atoms with Crippen LogP contribution in [0.4, 0.5) is 0 Å². The fraction of sp³-hybridized carbons (Fsp3) is 0.0794. The minimum absolute atomic E-state index is 0. The van der Waals surface area contributed by atoms with Crippen molar-refractivity contribution >= 4 is 45.9 Å². The summed E-state index contributed by atoms with van der Waals surface area (Å²) in [4.78, 5) is 54.6. The third-order valence-electron chi connectivity index (χ3n) is 13.4. The van der Waals surface area contributed by atoms with Gasteiger partial charge in [-0.1, -0.05) is 90.5 Å². The van der Waals surface area contributed by atoms with E-state index in [1.165, 1.54) is 7.11 Å². The quantitative estimate of drug-likeness (QED) is 0.0201. The van der Waals surface area contributed by atoms with E-state index >= 15 is 0 Å². The Balaban J connectivity index is 0.00000657. The molecular weight excluding hydrogens is 988 g/mol. The zero-order valence-electron chi connectivity index (χ0n) is 41.3. The second-order valence-electron chi connectivity index (χ2n) is 18.2.